The largest absolute Gasteiger partial charge is 0.480 e. The van der Waals surface area contributed by atoms with Crippen molar-refractivity contribution in [3.8, 4) is 0 Å². The van der Waals surface area contributed by atoms with Crippen LogP contribution in [0.25, 0.3) is 0 Å². The minimum atomic E-state index is -0.818. The minimum absolute atomic E-state index is 0.621. The van der Waals surface area contributed by atoms with Crippen LogP contribution in [0.5, 0.6) is 0 Å². The van der Waals surface area contributed by atoms with Gasteiger partial charge < -0.3 is 20.1 Å². The van der Waals surface area contributed by atoms with Crippen LogP contribution < -0.4 is 5.32 Å². The predicted octanol–water partition coefficient (Wildman–Crippen LogP) is 0.552. The lowest BCUT2D eigenvalue weighted by Crippen LogP contribution is -2.51. The Morgan fingerprint density at radius 2 is 2.24 bits per heavy atom. The van der Waals surface area contributed by atoms with Gasteiger partial charge in [0.2, 0.25) is 0 Å². The van der Waals surface area contributed by atoms with E-state index in [2.05, 4.69) is 10.2 Å². The summed E-state index contributed by atoms with van der Waals surface area (Å²) in [4.78, 5) is 13.5. The summed E-state index contributed by atoms with van der Waals surface area (Å²) in [5, 5.41) is 12.3. The van der Waals surface area contributed by atoms with Crippen LogP contribution in [0, 0.1) is 0 Å². The molecule has 0 saturated carbocycles. The summed E-state index contributed by atoms with van der Waals surface area (Å²) >= 11 is 0. The first-order valence-corrected chi connectivity index (χ1v) is 6.37. The Morgan fingerprint density at radius 3 is 2.88 bits per heavy atom. The van der Waals surface area contributed by atoms with Crippen LogP contribution in [0.2, 0.25) is 0 Å². The summed E-state index contributed by atoms with van der Waals surface area (Å²) < 4.78 is 5.38. The molecule has 0 radical (unpaired) electrons. The highest BCUT2D eigenvalue weighted by Crippen LogP contribution is 2.12. The van der Waals surface area contributed by atoms with Gasteiger partial charge in [-0.3, -0.25) is 4.79 Å². The van der Waals surface area contributed by atoms with Gasteiger partial charge in [-0.15, -0.1) is 0 Å². The number of hydrogen-bond acceptors (Lipinski definition) is 4. The molecular weight excluding hydrogens is 220 g/mol. The number of ether oxygens (including phenoxy) is 1. The molecule has 5 heteroatoms. The fourth-order valence-corrected chi connectivity index (χ4v) is 2.06. The number of hydrogen-bond donors (Lipinski definition) is 2. The van der Waals surface area contributed by atoms with Crippen molar-refractivity contribution >= 4 is 5.97 Å². The van der Waals surface area contributed by atoms with Gasteiger partial charge in [-0.25, -0.2) is 0 Å². The van der Waals surface area contributed by atoms with E-state index in [-0.39, 0.29) is 0 Å². The standard InChI is InChI=1S/C12H24N2O3/c1-3-13-12(2,11(15)16)5-7-14-6-4-9-17-10-8-14/h13H,3-10H2,1-2H3,(H,15,16). The second-order valence-electron chi connectivity index (χ2n) is 4.73. The Hall–Kier alpha value is -0.650. The van der Waals surface area contributed by atoms with Gasteiger partial charge in [-0.05, 0) is 26.3 Å². The molecular formula is C12H24N2O3. The molecule has 17 heavy (non-hydrogen) atoms. The van der Waals surface area contributed by atoms with Crippen molar-refractivity contribution in [2.24, 2.45) is 0 Å². The second kappa shape index (κ2) is 6.93. The van der Waals surface area contributed by atoms with Crippen LogP contribution in [0.1, 0.15) is 26.7 Å². The number of aliphatic carboxylic acids is 1. The molecule has 5 nitrogen and oxygen atoms in total. The molecule has 1 aliphatic rings. The van der Waals surface area contributed by atoms with Crippen molar-refractivity contribution in [2.45, 2.75) is 32.2 Å². The maximum Gasteiger partial charge on any atom is 0.323 e. The van der Waals surface area contributed by atoms with E-state index in [0.717, 1.165) is 39.3 Å². The number of carboxylic acids is 1. The molecule has 0 amide bonds. The number of nitrogens with one attached hydrogen (secondary N) is 1. The van der Waals surface area contributed by atoms with Gasteiger partial charge in [-0.2, -0.15) is 0 Å². The molecule has 1 heterocycles. The molecule has 0 aromatic heterocycles. The number of carbonyl (C=O) groups is 1. The van der Waals surface area contributed by atoms with Crippen molar-refractivity contribution < 1.29 is 14.6 Å². The Morgan fingerprint density at radius 1 is 1.47 bits per heavy atom. The molecule has 1 atom stereocenters. The molecule has 1 rings (SSSR count). The van der Waals surface area contributed by atoms with E-state index in [4.69, 9.17) is 4.74 Å². The highest BCUT2D eigenvalue weighted by Gasteiger charge is 2.32. The van der Waals surface area contributed by atoms with E-state index in [1.165, 1.54) is 0 Å². The van der Waals surface area contributed by atoms with Crippen LogP contribution in [0.15, 0.2) is 0 Å². The third-order valence-electron chi connectivity index (χ3n) is 3.28. The van der Waals surface area contributed by atoms with Gasteiger partial charge >= 0.3 is 5.97 Å². The maximum absolute atomic E-state index is 11.2. The Bertz CT molecular complexity index is 240. The zero-order chi connectivity index (χ0) is 12.7. The zero-order valence-corrected chi connectivity index (χ0v) is 10.9. The summed E-state index contributed by atoms with van der Waals surface area (Å²) in [6.45, 7) is 8.65. The van der Waals surface area contributed by atoms with Crippen LogP contribution in [0.4, 0.5) is 0 Å². The first-order valence-electron chi connectivity index (χ1n) is 6.37. The zero-order valence-electron chi connectivity index (χ0n) is 10.9. The minimum Gasteiger partial charge on any atom is -0.480 e. The summed E-state index contributed by atoms with van der Waals surface area (Å²) in [5.74, 6) is -0.773. The molecule has 0 spiro atoms. The first kappa shape index (κ1) is 14.4. The smallest absolute Gasteiger partial charge is 0.323 e. The average Bonchev–Trinajstić information content (AvgIpc) is 2.55. The van der Waals surface area contributed by atoms with Crippen molar-refractivity contribution in [2.75, 3.05) is 39.4 Å². The molecule has 0 aromatic rings. The maximum atomic E-state index is 11.2. The molecule has 1 unspecified atom stereocenters. The highest BCUT2D eigenvalue weighted by molar-refractivity contribution is 5.78. The molecule has 1 fully saturated rings. The third kappa shape index (κ3) is 4.61. The van der Waals surface area contributed by atoms with E-state index in [0.29, 0.717) is 13.0 Å². The van der Waals surface area contributed by atoms with E-state index >= 15 is 0 Å². The number of rotatable bonds is 6. The fourth-order valence-electron chi connectivity index (χ4n) is 2.06. The van der Waals surface area contributed by atoms with Gasteiger partial charge in [0.25, 0.3) is 0 Å². The van der Waals surface area contributed by atoms with Crippen LogP contribution in [0.3, 0.4) is 0 Å². The monoisotopic (exact) mass is 244 g/mol. The average molecular weight is 244 g/mol. The van der Waals surface area contributed by atoms with Gasteiger partial charge in [0, 0.05) is 26.2 Å². The van der Waals surface area contributed by atoms with Crippen LogP contribution in [-0.2, 0) is 9.53 Å². The van der Waals surface area contributed by atoms with Crippen LogP contribution in [-0.4, -0.2) is 60.9 Å². The Labute approximate surface area is 103 Å². The van der Waals surface area contributed by atoms with Gasteiger partial charge in [0.05, 0.1) is 6.61 Å². The number of nitrogens with zero attached hydrogens (tertiary/aromatic N) is 1. The highest BCUT2D eigenvalue weighted by atomic mass is 16.5. The van der Waals surface area contributed by atoms with Crippen molar-refractivity contribution in [3.05, 3.63) is 0 Å². The van der Waals surface area contributed by atoms with Crippen molar-refractivity contribution in [3.63, 3.8) is 0 Å². The summed E-state index contributed by atoms with van der Waals surface area (Å²) in [7, 11) is 0. The SMILES string of the molecule is CCNC(C)(CCN1CCCOCC1)C(=O)O. The number of likely N-dealkylation sites (N-methyl/N-ethyl adjacent to an activating group) is 1. The van der Waals surface area contributed by atoms with Crippen molar-refractivity contribution in [1.82, 2.24) is 10.2 Å². The second-order valence-corrected chi connectivity index (χ2v) is 4.73. The van der Waals surface area contributed by atoms with Crippen molar-refractivity contribution in [1.29, 1.82) is 0 Å². The summed E-state index contributed by atoms with van der Waals surface area (Å²) in [6.07, 6.45) is 1.65. The predicted molar refractivity (Wildman–Crippen MR) is 66.2 cm³/mol. The molecule has 100 valence electrons. The fraction of sp³-hybridized carbons (Fsp3) is 0.917. The summed E-state index contributed by atoms with van der Waals surface area (Å²) in [6, 6.07) is 0. The summed E-state index contributed by atoms with van der Waals surface area (Å²) in [5.41, 5.74) is -0.818. The Kier molecular flexibility index (Phi) is 5.88. The molecule has 0 aromatic carbocycles. The molecule has 2 N–H and O–H groups in total. The van der Waals surface area contributed by atoms with Gasteiger partial charge in [0.1, 0.15) is 5.54 Å². The number of carboxylic acid groups (broad SMARTS) is 1. The van der Waals surface area contributed by atoms with E-state index in [1.807, 2.05) is 6.92 Å². The van der Waals surface area contributed by atoms with Crippen LogP contribution >= 0.6 is 0 Å². The lowest BCUT2D eigenvalue weighted by atomic mass is 9.97. The van der Waals surface area contributed by atoms with E-state index in [9.17, 15) is 9.90 Å². The molecule has 0 bridgehead atoms. The quantitative estimate of drug-likeness (QED) is 0.714. The lowest BCUT2D eigenvalue weighted by molar-refractivity contribution is -0.144. The molecule has 0 aliphatic carbocycles. The first-order chi connectivity index (χ1) is 8.08. The topological polar surface area (TPSA) is 61.8 Å². The normalized spacial score (nSPS) is 21.8. The van der Waals surface area contributed by atoms with Gasteiger partial charge in [-0.1, -0.05) is 6.92 Å². The van der Waals surface area contributed by atoms with E-state index < -0.39 is 11.5 Å². The van der Waals surface area contributed by atoms with Gasteiger partial charge in [0.15, 0.2) is 0 Å². The lowest BCUT2D eigenvalue weighted by Gasteiger charge is -2.29. The molecule has 1 saturated heterocycles. The van der Waals surface area contributed by atoms with E-state index in [1.54, 1.807) is 6.92 Å². The molecule has 1 aliphatic heterocycles. The Balaban J connectivity index is 2.42. The third-order valence-corrected chi connectivity index (χ3v) is 3.28.